The zero-order valence-corrected chi connectivity index (χ0v) is 34.7. The molecule has 14 atom stereocenters. The van der Waals surface area contributed by atoms with Crippen molar-refractivity contribution < 1.29 is 69.0 Å². The molecule has 15 heteroatoms. The predicted octanol–water partition coefficient (Wildman–Crippen LogP) is 3.85. The Balaban J connectivity index is 1.35. The molecule has 6 fully saturated rings. The zero-order valence-electron chi connectivity index (χ0n) is 33.9. The maximum atomic E-state index is 13.9. The maximum absolute atomic E-state index is 13.9. The fourth-order valence-electron chi connectivity index (χ4n) is 11.2. The summed E-state index contributed by atoms with van der Waals surface area (Å²) in [5.41, 5.74) is -10.2. The van der Waals surface area contributed by atoms with Gasteiger partial charge in [-0.25, -0.2) is 4.79 Å². The number of fused-ring (bicyclic) bond motifs is 12. The van der Waals surface area contributed by atoms with E-state index in [9.17, 15) is 45.3 Å². The lowest BCUT2D eigenvalue weighted by Gasteiger charge is -2.66. The number of phenols is 1. The summed E-state index contributed by atoms with van der Waals surface area (Å²) in [5, 5.41) is 87.0. The molecule has 7 bridgehead atoms. The number of rotatable bonds is 5. The molecule has 9 rings (SSSR count). The fraction of sp³-hybridized carbons (Fsp3) is 0.600. The molecule has 0 aromatic heterocycles. The van der Waals surface area contributed by atoms with Crippen molar-refractivity contribution in [3.8, 4) is 5.75 Å². The van der Waals surface area contributed by atoms with E-state index in [4.69, 9.17) is 35.3 Å². The third-order valence-corrected chi connectivity index (χ3v) is 14.7. The Morgan fingerprint density at radius 3 is 2.28 bits per heavy atom. The quantitative estimate of drug-likeness (QED) is 0.168. The van der Waals surface area contributed by atoms with E-state index in [1.54, 1.807) is 44.2 Å². The van der Waals surface area contributed by atoms with E-state index in [-0.39, 0.29) is 40.4 Å². The first-order valence-corrected chi connectivity index (χ1v) is 21.4. The first kappa shape index (κ1) is 43.2. The molecule has 0 amide bonds. The number of carbonyl (C=O) groups is 2. The Morgan fingerprint density at radius 1 is 0.917 bits per heavy atom. The third kappa shape index (κ3) is 6.39. The molecule has 3 aliphatic carbocycles. The lowest BCUT2D eigenvalue weighted by molar-refractivity contribution is -0.499. The first-order chi connectivity index (χ1) is 28.5. The van der Waals surface area contributed by atoms with Gasteiger partial charge in [-0.2, -0.15) is 0 Å². The molecule has 60 heavy (non-hydrogen) atoms. The van der Waals surface area contributed by atoms with Crippen molar-refractivity contribution in [1.82, 2.24) is 0 Å². The minimum Gasteiger partial charge on any atom is -0.507 e. The van der Waals surface area contributed by atoms with E-state index in [2.05, 4.69) is 0 Å². The highest BCUT2D eigenvalue weighted by atomic mass is 35.5. The topological polar surface area (TPSA) is 225 Å². The van der Waals surface area contributed by atoms with Crippen LogP contribution in [0.3, 0.4) is 0 Å². The van der Waals surface area contributed by atoms with E-state index in [0.717, 1.165) is 24.8 Å². The standard InChI is InChI=1S/C45H55ClO14/c1-25-13-7-4-5-8-14-26(2)37(49)57-35-28(22-46)19-33-43(35,54)39(51)41(23-47)36(58-41)31-21-42(53,40(52,20-25)24-56-38(50)30-17-11-12-18-32(30)48)34-27(3)44(31,33)60-45(55,59-34)29-15-9-6-10-16-29/h6,9-12,15-19,22,25-27,31,34-36,39,47-48,51-55H,4-5,7-8,13-14,20-21,23-24H2,1-3H3/b28-22+/t25-,26-,27+,31?,34-,35-,36-,39+,40-,41-,42+,43+,44+,45?/m0/s1. The van der Waals surface area contributed by atoms with Crippen LogP contribution in [0, 0.1) is 23.7 Å². The van der Waals surface area contributed by atoms with Crippen LogP contribution in [0.2, 0.25) is 0 Å². The summed E-state index contributed by atoms with van der Waals surface area (Å²) < 4.78 is 31.6. The smallest absolute Gasteiger partial charge is 0.342 e. The summed E-state index contributed by atoms with van der Waals surface area (Å²) in [6.07, 6.45) is -1.44. The molecule has 326 valence electrons. The molecule has 2 unspecified atom stereocenters. The molecule has 1 spiro atoms. The van der Waals surface area contributed by atoms with Crippen LogP contribution < -0.4 is 0 Å². The highest BCUT2D eigenvalue weighted by molar-refractivity contribution is 6.26. The Morgan fingerprint density at radius 2 is 1.60 bits per heavy atom. The van der Waals surface area contributed by atoms with Crippen LogP contribution in [0.15, 0.2) is 77.4 Å². The number of esters is 2. The van der Waals surface area contributed by atoms with E-state index in [1.807, 2.05) is 6.92 Å². The SMILES string of the molecule is C[C@H]1CCCCCC[C@H](C)C(=O)O[C@H]2/C(=C/Cl)C=C3[C@]2(O)[C@H](O)[C@@]2(CO)O[C@H]2C2C[C@@](O)([C@H]4OC(O)(c5ccccc5)O[C@@]32[C@@H]4C)[C@@](O)(COC(=O)c2ccccc2O)C1. The van der Waals surface area contributed by atoms with Gasteiger partial charge in [0.2, 0.25) is 0 Å². The Labute approximate surface area is 353 Å². The summed E-state index contributed by atoms with van der Waals surface area (Å²) in [7, 11) is 0. The van der Waals surface area contributed by atoms with E-state index in [0.29, 0.717) is 19.3 Å². The second kappa shape index (κ2) is 15.4. The van der Waals surface area contributed by atoms with Crippen molar-refractivity contribution in [2.75, 3.05) is 13.2 Å². The van der Waals surface area contributed by atoms with Crippen LogP contribution in [0.5, 0.6) is 5.75 Å². The molecule has 4 saturated heterocycles. The molecule has 2 aromatic rings. The number of ether oxygens (including phenoxy) is 5. The molecule has 2 aromatic carbocycles. The number of aliphatic hydroxyl groups excluding tert-OH is 2. The number of halogens is 1. The normalized spacial score (nSPS) is 44.7. The van der Waals surface area contributed by atoms with Crippen molar-refractivity contribution in [3.05, 3.63) is 88.5 Å². The van der Waals surface area contributed by atoms with Gasteiger partial charge in [0.1, 0.15) is 52.5 Å². The van der Waals surface area contributed by atoms with Crippen LogP contribution >= 0.6 is 11.6 Å². The Kier molecular flexibility index (Phi) is 11.1. The van der Waals surface area contributed by atoms with Crippen LogP contribution in [-0.2, 0) is 34.5 Å². The molecule has 7 N–H and O–H groups in total. The monoisotopic (exact) mass is 854 g/mol. The van der Waals surface area contributed by atoms with E-state index < -0.39 is 108 Å². The second-order valence-corrected chi connectivity index (χ2v) is 18.3. The number of benzene rings is 2. The van der Waals surface area contributed by atoms with E-state index in [1.165, 1.54) is 30.3 Å². The Bertz CT molecular complexity index is 2050. The molecule has 0 radical (unpaired) electrons. The van der Waals surface area contributed by atoms with Crippen molar-refractivity contribution in [3.63, 3.8) is 0 Å². The molecule has 4 heterocycles. The molecular weight excluding hydrogens is 800 g/mol. The number of phenolic OH excluding ortho intramolecular Hbond substituents is 1. The fourth-order valence-corrected chi connectivity index (χ4v) is 11.4. The first-order valence-electron chi connectivity index (χ1n) is 20.9. The summed E-state index contributed by atoms with van der Waals surface area (Å²) in [5.74, 6) is -7.89. The van der Waals surface area contributed by atoms with Gasteiger partial charge >= 0.3 is 17.9 Å². The number of para-hydroxylation sites is 1. The largest absolute Gasteiger partial charge is 0.507 e. The highest BCUT2D eigenvalue weighted by Crippen LogP contribution is 2.70. The molecule has 4 aliphatic heterocycles. The highest BCUT2D eigenvalue weighted by Gasteiger charge is 2.85. The lowest BCUT2D eigenvalue weighted by atomic mass is 9.52. The molecular formula is C45H55ClO14. The van der Waals surface area contributed by atoms with Gasteiger partial charge in [-0.3, -0.25) is 4.79 Å². The number of aliphatic hydroxyl groups is 6. The third-order valence-electron chi connectivity index (χ3n) is 14.4. The van der Waals surface area contributed by atoms with Crippen LogP contribution in [0.4, 0.5) is 0 Å². The summed E-state index contributed by atoms with van der Waals surface area (Å²) in [6, 6.07) is 13.8. The Hall–Kier alpha value is -3.41. The molecule has 14 nitrogen and oxygen atoms in total. The molecule has 2 saturated carbocycles. The van der Waals surface area contributed by atoms with Gasteiger partial charge in [0.15, 0.2) is 11.7 Å². The van der Waals surface area contributed by atoms with Gasteiger partial charge in [0, 0.05) is 34.1 Å². The second-order valence-electron chi connectivity index (χ2n) is 18.1. The van der Waals surface area contributed by atoms with Crippen molar-refractivity contribution in [2.24, 2.45) is 23.7 Å². The number of epoxide rings is 1. The van der Waals surface area contributed by atoms with Gasteiger partial charge < -0.3 is 59.4 Å². The minimum absolute atomic E-state index is 0.0634. The van der Waals surface area contributed by atoms with Gasteiger partial charge in [0.25, 0.3) is 0 Å². The van der Waals surface area contributed by atoms with Gasteiger partial charge in [-0.1, -0.05) is 107 Å². The van der Waals surface area contributed by atoms with Crippen molar-refractivity contribution >= 4 is 23.5 Å². The van der Waals surface area contributed by atoms with Crippen molar-refractivity contribution in [1.29, 1.82) is 0 Å². The van der Waals surface area contributed by atoms with E-state index >= 15 is 0 Å². The van der Waals surface area contributed by atoms with Gasteiger partial charge in [-0.05, 0) is 43.4 Å². The van der Waals surface area contributed by atoms with Crippen LogP contribution in [0.25, 0.3) is 0 Å². The summed E-state index contributed by atoms with van der Waals surface area (Å²) >= 11 is 6.45. The lowest BCUT2D eigenvalue weighted by Crippen LogP contribution is -2.79. The van der Waals surface area contributed by atoms with Crippen LogP contribution in [0.1, 0.15) is 88.1 Å². The van der Waals surface area contributed by atoms with Crippen molar-refractivity contribution in [2.45, 2.75) is 131 Å². The number of hydrogen-bond acceptors (Lipinski definition) is 14. The number of carbonyl (C=O) groups excluding carboxylic acids is 2. The number of hydrogen-bond donors (Lipinski definition) is 7. The maximum Gasteiger partial charge on any atom is 0.342 e. The van der Waals surface area contributed by atoms with Gasteiger partial charge in [0.05, 0.1) is 18.6 Å². The van der Waals surface area contributed by atoms with Crippen LogP contribution in [-0.4, -0.2) is 113 Å². The minimum atomic E-state index is -2.72. The average Bonchev–Trinajstić information content (AvgIpc) is 3.91. The summed E-state index contributed by atoms with van der Waals surface area (Å²) in [4.78, 5) is 27.4. The zero-order chi connectivity index (χ0) is 43.0. The molecule has 7 aliphatic rings. The number of aromatic hydroxyl groups is 1. The predicted molar refractivity (Wildman–Crippen MR) is 213 cm³/mol. The van der Waals surface area contributed by atoms with Gasteiger partial charge in [-0.15, -0.1) is 0 Å². The average molecular weight is 855 g/mol. The summed E-state index contributed by atoms with van der Waals surface area (Å²) in [6.45, 7) is 3.65.